The van der Waals surface area contributed by atoms with Crippen LogP contribution in [0.1, 0.15) is 92.2 Å². The van der Waals surface area contributed by atoms with Gasteiger partial charge in [0.2, 0.25) is 33.4 Å². The van der Waals surface area contributed by atoms with Gasteiger partial charge in [-0.05, 0) is 78.4 Å². The third-order valence-corrected chi connectivity index (χ3v) is 14.2. The van der Waals surface area contributed by atoms with E-state index in [2.05, 4.69) is 25.3 Å². The van der Waals surface area contributed by atoms with Crippen molar-refractivity contribution in [2.24, 2.45) is 5.92 Å². The highest BCUT2D eigenvalue weighted by atomic mass is 32.2. The number of ether oxygens (including phenoxy) is 4. The van der Waals surface area contributed by atoms with E-state index in [0.29, 0.717) is 32.6 Å². The standard InChI is InChI=1S/C40H51F5N6O10S/c1-8-28-29(48-35(55)61-36(3,4)38(6,41)42)33(53)51-20-24(60-32-30(40(43,44)45)46-25-14-13-23(58-7)17-26(25)47-32)18-27(51)31(52)49-39(19-22(39)12-10-9-11-21(2)59-28)34(54)50-62(56,57)37(5)15-16-37/h10,12-14,17,21-22,24,27-29H,8-9,11,15-16,18-20H2,1-7H3,(H,48,55)(H,49,52)(H,50,54). The summed E-state index contributed by atoms with van der Waals surface area (Å²) in [6.45, 7) is 6.66. The minimum absolute atomic E-state index is 0.0309. The Morgan fingerprint density at radius 1 is 1.08 bits per heavy atom. The maximum Gasteiger partial charge on any atom is 0.438 e. The predicted molar refractivity (Wildman–Crippen MR) is 210 cm³/mol. The first kappa shape index (κ1) is 46.6. The van der Waals surface area contributed by atoms with Gasteiger partial charge in [0.05, 0.1) is 41.6 Å². The van der Waals surface area contributed by atoms with Crippen molar-refractivity contribution in [2.75, 3.05) is 13.7 Å². The highest BCUT2D eigenvalue weighted by Gasteiger charge is 2.63. The zero-order valence-electron chi connectivity index (χ0n) is 35.2. The van der Waals surface area contributed by atoms with Gasteiger partial charge in [-0.25, -0.2) is 32.0 Å². The fraction of sp³-hybridized carbons (Fsp3) is 0.650. The van der Waals surface area contributed by atoms with Gasteiger partial charge in [-0.1, -0.05) is 19.1 Å². The van der Waals surface area contributed by atoms with Crippen molar-refractivity contribution < 1.29 is 68.5 Å². The van der Waals surface area contributed by atoms with Gasteiger partial charge >= 0.3 is 12.3 Å². The summed E-state index contributed by atoms with van der Waals surface area (Å²) < 4.78 is 122. The molecule has 342 valence electrons. The molecule has 0 radical (unpaired) electrons. The Bertz CT molecular complexity index is 2230. The first-order valence-electron chi connectivity index (χ1n) is 20.2. The Morgan fingerprint density at radius 3 is 2.39 bits per heavy atom. The van der Waals surface area contributed by atoms with Crippen LogP contribution in [0, 0.1) is 5.92 Å². The third-order valence-electron chi connectivity index (χ3n) is 12.1. The zero-order chi connectivity index (χ0) is 45.8. The van der Waals surface area contributed by atoms with E-state index in [1.807, 2.05) is 0 Å². The van der Waals surface area contributed by atoms with Crippen LogP contribution in [0.3, 0.4) is 0 Å². The van der Waals surface area contributed by atoms with E-state index in [9.17, 15) is 49.5 Å². The lowest BCUT2D eigenvalue weighted by molar-refractivity contribution is -0.153. The number of aromatic nitrogens is 2. The van der Waals surface area contributed by atoms with E-state index in [1.165, 1.54) is 32.2 Å². The van der Waals surface area contributed by atoms with Gasteiger partial charge in [0.15, 0.2) is 5.60 Å². The van der Waals surface area contributed by atoms with E-state index in [0.717, 1.165) is 18.7 Å². The van der Waals surface area contributed by atoms with Crippen LogP contribution >= 0.6 is 0 Å². The summed E-state index contributed by atoms with van der Waals surface area (Å²) in [4.78, 5) is 65.4. The number of benzene rings is 1. The number of sulfonamides is 1. The number of nitrogens with one attached hydrogen (secondary N) is 3. The molecular formula is C40H51F5N6O10S. The molecule has 16 nitrogen and oxygen atoms in total. The smallest absolute Gasteiger partial charge is 0.438 e. The summed E-state index contributed by atoms with van der Waals surface area (Å²) >= 11 is 0. The quantitative estimate of drug-likeness (QED) is 0.214. The second kappa shape index (κ2) is 16.7. The lowest BCUT2D eigenvalue weighted by Gasteiger charge is -2.35. The Kier molecular flexibility index (Phi) is 12.6. The van der Waals surface area contributed by atoms with E-state index in [1.54, 1.807) is 26.0 Å². The molecule has 2 aromatic rings. The first-order chi connectivity index (χ1) is 28.7. The maximum absolute atomic E-state index is 14.9. The van der Waals surface area contributed by atoms with Crippen LogP contribution in [0.5, 0.6) is 11.6 Å². The molecule has 22 heteroatoms. The zero-order valence-corrected chi connectivity index (χ0v) is 36.0. The van der Waals surface area contributed by atoms with Crippen LogP contribution in [0.15, 0.2) is 30.4 Å². The molecule has 4 amide bonds. The van der Waals surface area contributed by atoms with Crippen molar-refractivity contribution in [2.45, 2.75) is 145 Å². The van der Waals surface area contributed by atoms with Crippen LogP contribution < -0.4 is 24.8 Å². The monoisotopic (exact) mass is 902 g/mol. The Hall–Kier alpha value is -4.86. The number of alkyl carbamates (subject to hydrolysis) is 1. The van der Waals surface area contributed by atoms with E-state index in [-0.39, 0.29) is 29.6 Å². The molecule has 3 N–H and O–H groups in total. The van der Waals surface area contributed by atoms with Gasteiger partial charge in [-0.15, -0.1) is 0 Å². The van der Waals surface area contributed by atoms with Gasteiger partial charge in [0.1, 0.15) is 29.5 Å². The van der Waals surface area contributed by atoms with Crippen LogP contribution in [0.4, 0.5) is 26.7 Å². The van der Waals surface area contributed by atoms with Crippen molar-refractivity contribution in [1.82, 2.24) is 30.2 Å². The molecule has 0 bridgehead atoms. The number of fused-ring (bicyclic) bond motifs is 3. The molecule has 3 heterocycles. The molecule has 2 aliphatic heterocycles. The summed E-state index contributed by atoms with van der Waals surface area (Å²) in [5.74, 6) is -8.00. The third kappa shape index (κ3) is 9.54. The van der Waals surface area contributed by atoms with Crippen molar-refractivity contribution in [1.29, 1.82) is 0 Å². The molecular weight excluding hydrogens is 852 g/mol. The maximum atomic E-state index is 14.9. The average molecular weight is 903 g/mol. The number of hydrogen-bond acceptors (Lipinski definition) is 12. The van der Waals surface area contributed by atoms with E-state index < -0.39 is 123 Å². The predicted octanol–water partition coefficient (Wildman–Crippen LogP) is 4.94. The second-order valence-electron chi connectivity index (χ2n) is 17.2. The number of rotatable bonds is 10. The number of carbonyl (C=O) groups excluding carboxylic acids is 4. The molecule has 1 aromatic heterocycles. The van der Waals surface area contributed by atoms with Crippen LogP contribution in [-0.4, -0.2) is 113 Å². The highest BCUT2D eigenvalue weighted by molar-refractivity contribution is 7.91. The van der Waals surface area contributed by atoms with Gasteiger partial charge in [-0.3, -0.25) is 19.1 Å². The van der Waals surface area contributed by atoms with Gasteiger partial charge in [0, 0.05) is 25.3 Å². The van der Waals surface area contributed by atoms with Crippen molar-refractivity contribution in [3.05, 3.63) is 36.0 Å². The highest BCUT2D eigenvalue weighted by Crippen LogP contribution is 2.48. The minimum Gasteiger partial charge on any atom is -0.497 e. The number of allylic oxidation sites excluding steroid dienone is 1. The molecule has 6 rings (SSSR count). The SMILES string of the molecule is CCC1OC(C)CCC=CC2CC2(C(=O)NS(=O)(=O)C2(C)CC2)NC(=O)C2CC(Oc3nc4cc(OC)ccc4nc3C(F)(F)F)CN2C(=O)C1NC(=O)OC(C)(C)C(C)(F)F. The number of nitrogens with zero attached hydrogens (tertiary/aromatic N) is 3. The molecule has 2 saturated carbocycles. The normalized spacial score (nSPS) is 28.1. The minimum atomic E-state index is -5.08. The van der Waals surface area contributed by atoms with Crippen LogP contribution in [0.2, 0.25) is 0 Å². The molecule has 3 fully saturated rings. The molecule has 0 spiro atoms. The molecule has 62 heavy (non-hydrogen) atoms. The summed E-state index contributed by atoms with van der Waals surface area (Å²) in [6.07, 6.45) is -5.41. The fourth-order valence-electron chi connectivity index (χ4n) is 7.35. The Labute approximate surface area is 355 Å². The lowest BCUT2D eigenvalue weighted by Crippen LogP contribution is -2.61. The number of methoxy groups -OCH3 is 1. The van der Waals surface area contributed by atoms with Crippen molar-refractivity contribution in [3.63, 3.8) is 0 Å². The Balaban J connectivity index is 1.40. The molecule has 4 aliphatic rings. The number of alkyl halides is 5. The first-order valence-corrected chi connectivity index (χ1v) is 21.7. The molecule has 7 atom stereocenters. The number of hydrogen-bond donors (Lipinski definition) is 3. The van der Waals surface area contributed by atoms with E-state index >= 15 is 0 Å². The summed E-state index contributed by atoms with van der Waals surface area (Å²) in [5.41, 5.74) is -5.85. The molecule has 7 unspecified atom stereocenters. The Morgan fingerprint density at radius 2 is 1.77 bits per heavy atom. The van der Waals surface area contributed by atoms with Gasteiger partial charge in [0.25, 0.3) is 11.8 Å². The van der Waals surface area contributed by atoms with Crippen LogP contribution in [0.25, 0.3) is 11.0 Å². The summed E-state index contributed by atoms with van der Waals surface area (Å²) in [6, 6.07) is 0.643. The van der Waals surface area contributed by atoms with Gasteiger partial charge < -0.3 is 34.5 Å². The lowest BCUT2D eigenvalue weighted by atomic mass is 10.0. The number of amides is 4. The van der Waals surface area contributed by atoms with Crippen molar-refractivity contribution in [3.8, 4) is 11.6 Å². The molecule has 2 aliphatic carbocycles. The number of halogens is 5. The average Bonchev–Trinajstić information content (AvgIpc) is 4.06. The van der Waals surface area contributed by atoms with Gasteiger partial charge in [-0.2, -0.15) is 13.2 Å². The molecule has 1 aromatic carbocycles. The topological polar surface area (TPSA) is 204 Å². The largest absolute Gasteiger partial charge is 0.497 e. The fourth-order valence-corrected chi connectivity index (χ4v) is 8.66. The number of carbonyl (C=O) groups is 4. The summed E-state index contributed by atoms with van der Waals surface area (Å²) in [7, 11) is -2.84. The second-order valence-corrected chi connectivity index (χ2v) is 19.4. The van der Waals surface area contributed by atoms with Crippen molar-refractivity contribution >= 4 is 44.9 Å². The van der Waals surface area contributed by atoms with Crippen LogP contribution in [-0.2, 0) is 40.1 Å². The molecule has 1 saturated heterocycles. The van der Waals surface area contributed by atoms with E-state index in [4.69, 9.17) is 18.9 Å². The summed E-state index contributed by atoms with van der Waals surface area (Å²) in [5, 5.41) is 4.99.